The van der Waals surface area contributed by atoms with Crippen LogP contribution in [0.15, 0.2) is 11.6 Å². The van der Waals surface area contributed by atoms with Crippen LogP contribution in [0.2, 0.25) is 0 Å². The average Bonchev–Trinajstić information content (AvgIpc) is 2.76. The van der Waals surface area contributed by atoms with Crippen LogP contribution >= 0.6 is 0 Å². The monoisotopic (exact) mass is 239 g/mol. The fourth-order valence-corrected chi connectivity index (χ4v) is 3.47. The van der Waals surface area contributed by atoms with Crippen molar-refractivity contribution in [2.24, 2.45) is 23.0 Å². The third kappa shape index (κ3) is 2.56. The highest BCUT2D eigenvalue weighted by Gasteiger charge is 2.44. The molecule has 4 atom stereocenters. The zero-order valence-electron chi connectivity index (χ0n) is 11.0. The minimum absolute atomic E-state index is 0.192. The fraction of sp³-hybridized carbons (Fsp3) is 0.857. The zero-order chi connectivity index (χ0) is 12.5. The van der Waals surface area contributed by atoms with Gasteiger partial charge in [-0.05, 0) is 38.0 Å². The third-order valence-corrected chi connectivity index (χ3v) is 4.44. The first-order valence-corrected chi connectivity index (χ1v) is 6.70. The van der Waals surface area contributed by atoms with E-state index in [2.05, 4.69) is 19.9 Å². The van der Waals surface area contributed by atoms with E-state index in [1.165, 1.54) is 5.57 Å². The van der Waals surface area contributed by atoms with Gasteiger partial charge in [0.25, 0.3) is 0 Å². The molecule has 0 aromatic heterocycles. The van der Waals surface area contributed by atoms with Gasteiger partial charge >= 0.3 is 0 Å². The molecular weight excluding hydrogens is 214 g/mol. The van der Waals surface area contributed by atoms with Crippen molar-refractivity contribution < 1.29 is 9.84 Å². The Morgan fingerprint density at radius 3 is 2.94 bits per heavy atom. The highest BCUT2D eigenvalue weighted by atomic mass is 16.5. The molecule has 1 heterocycles. The van der Waals surface area contributed by atoms with Crippen molar-refractivity contribution in [2.75, 3.05) is 19.8 Å². The van der Waals surface area contributed by atoms with Crippen LogP contribution in [0, 0.1) is 17.3 Å². The Labute approximate surface area is 104 Å². The van der Waals surface area contributed by atoms with E-state index in [1.807, 2.05) is 0 Å². The molecule has 3 heteroatoms. The molecule has 4 unspecified atom stereocenters. The van der Waals surface area contributed by atoms with E-state index in [0.717, 1.165) is 25.9 Å². The number of hydrogen-bond donors (Lipinski definition) is 2. The second-order valence-electron chi connectivity index (χ2n) is 6.00. The molecule has 1 saturated heterocycles. The van der Waals surface area contributed by atoms with E-state index in [9.17, 15) is 5.11 Å². The molecule has 0 saturated carbocycles. The van der Waals surface area contributed by atoms with Gasteiger partial charge in [-0.15, -0.1) is 0 Å². The van der Waals surface area contributed by atoms with Gasteiger partial charge in [0.15, 0.2) is 0 Å². The normalized spacial score (nSPS) is 40.1. The van der Waals surface area contributed by atoms with Crippen molar-refractivity contribution in [3.8, 4) is 0 Å². The van der Waals surface area contributed by atoms with Crippen LogP contribution in [0.25, 0.3) is 0 Å². The summed E-state index contributed by atoms with van der Waals surface area (Å²) in [6.07, 6.45) is 4.98. The van der Waals surface area contributed by atoms with Crippen LogP contribution in [0.5, 0.6) is 0 Å². The number of aliphatic hydroxyl groups excluding tert-OH is 1. The number of ether oxygens (including phenoxy) is 1. The van der Waals surface area contributed by atoms with E-state index in [4.69, 9.17) is 10.5 Å². The van der Waals surface area contributed by atoms with E-state index < -0.39 is 0 Å². The van der Waals surface area contributed by atoms with Crippen LogP contribution in [0.1, 0.15) is 33.1 Å². The predicted octanol–water partition coefficient (Wildman–Crippen LogP) is 1.71. The molecule has 3 N–H and O–H groups in total. The lowest BCUT2D eigenvalue weighted by molar-refractivity contribution is -0.0266. The quantitative estimate of drug-likeness (QED) is 0.737. The van der Waals surface area contributed by atoms with Crippen LogP contribution in [0.4, 0.5) is 0 Å². The van der Waals surface area contributed by atoms with E-state index in [1.54, 1.807) is 0 Å². The van der Waals surface area contributed by atoms with Gasteiger partial charge < -0.3 is 15.6 Å². The number of allylic oxidation sites excluding steroid dienone is 2. The third-order valence-electron chi connectivity index (χ3n) is 4.44. The van der Waals surface area contributed by atoms with Crippen molar-refractivity contribution >= 4 is 0 Å². The first-order chi connectivity index (χ1) is 8.07. The number of nitrogens with two attached hydrogens (primary N) is 1. The lowest BCUT2D eigenvalue weighted by atomic mass is 9.70. The Balaban J connectivity index is 2.09. The Morgan fingerprint density at radius 1 is 1.65 bits per heavy atom. The highest BCUT2D eigenvalue weighted by Crippen LogP contribution is 2.40. The lowest BCUT2D eigenvalue weighted by Gasteiger charge is -2.39. The van der Waals surface area contributed by atoms with Crippen LogP contribution in [-0.4, -0.2) is 31.0 Å². The molecule has 0 aromatic carbocycles. The molecule has 0 bridgehead atoms. The molecule has 3 nitrogen and oxygen atoms in total. The van der Waals surface area contributed by atoms with E-state index in [0.29, 0.717) is 25.0 Å². The first-order valence-electron chi connectivity index (χ1n) is 6.70. The second kappa shape index (κ2) is 5.09. The molecule has 2 aliphatic rings. The summed E-state index contributed by atoms with van der Waals surface area (Å²) in [5, 5.41) is 10.7. The topological polar surface area (TPSA) is 55.5 Å². The number of aliphatic hydroxyl groups is 1. The van der Waals surface area contributed by atoms with Crippen molar-refractivity contribution in [3.05, 3.63) is 11.6 Å². The van der Waals surface area contributed by atoms with Crippen molar-refractivity contribution in [2.45, 2.75) is 39.2 Å². The largest absolute Gasteiger partial charge is 0.392 e. The zero-order valence-corrected chi connectivity index (χ0v) is 11.0. The summed E-state index contributed by atoms with van der Waals surface area (Å²) in [5.74, 6) is 0.917. The summed E-state index contributed by atoms with van der Waals surface area (Å²) in [6, 6.07) is 0. The maximum atomic E-state index is 10.7. The van der Waals surface area contributed by atoms with Crippen LogP contribution in [0.3, 0.4) is 0 Å². The van der Waals surface area contributed by atoms with Crippen molar-refractivity contribution in [3.63, 3.8) is 0 Å². The Morgan fingerprint density at radius 2 is 2.41 bits per heavy atom. The molecule has 1 aliphatic heterocycles. The fourth-order valence-electron chi connectivity index (χ4n) is 3.47. The molecule has 0 amide bonds. The molecular formula is C14H25NO2. The van der Waals surface area contributed by atoms with Gasteiger partial charge in [-0.2, -0.15) is 0 Å². The molecule has 2 rings (SSSR count). The minimum Gasteiger partial charge on any atom is -0.392 e. The first kappa shape index (κ1) is 13.1. The number of rotatable bonds is 3. The Kier molecular flexibility index (Phi) is 3.91. The van der Waals surface area contributed by atoms with Crippen LogP contribution < -0.4 is 5.73 Å². The molecule has 1 aliphatic carbocycles. The number of hydrogen-bond acceptors (Lipinski definition) is 3. The lowest BCUT2D eigenvalue weighted by Crippen LogP contribution is -2.47. The summed E-state index contributed by atoms with van der Waals surface area (Å²) in [7, 11) is 0. The SMILES string of the molecule is CC1=CC(C)CC(C(O)C2(CN)CCOC2)C1. The van der Waals surface area contributed by atoms with Gasteiger partial charge in [-0.1, -0.05) is 18.6 Å². The van der Waals surface area contributed by atoms with Gasteiger partial charge in [-0.25, -0.2) is 0 Å². The van der Waals surface area contributed by atoms with Gasteiger partial charge in [-0.3, -0.25) is 0 Å². The molecule has 0 aromatic rings. The van der Waals surface area contributed by atoms with Gasteiger partial charge in [0.2, 0.25) is 0 Å². The summed E-state index contributed by atoms with van der Waals surface area (Å²) in [4.78, 5) is 0. The average molecular weight is 239 g/mol. The molecule has 98 valence electrons. The van der Waals surface area contributed by atoms with Gasteiger partial charge in [0.05, 0.1) is 12.7 Å². The summed E-state index contributed by atoms with van der Waals surface area (Å²) >= 11 is 0. The Bertz CT molecular complexity index is 295. The maximum absolute atomic E-state index is 10.7. The van der Waals surface area contributed by atoms with Gasteiger partial charge in [0.1, 0.15) is 0 Å². The summed E-state index contributed by atoms with van der Waals surface area (Å²) in [6.45, 7) is 6.28. The van der Waals surface area contributed by atoms with Gasteiger partial charge in [0, 0.05) is 18.6 Å². The summed E-state index contributed by atoms with van der Waals surface area (Å²) in [5.41, 5.74) is 7.10. The smallest absolute Gasteiger partial charge is 0.0662 e. The summed E-state index contributed by atoms with van der Waals surface area (Å²) < 4.78 is 5.46. The maximum Gasteiger partial charge on any atom is 0.0662 e. The van der Waals surface area contributed by atoms with E-state index >= 15 is 0 Å². The predicted molar refractivity (Wildman–Crippen MR) is 68.6 cm³/mol. The minimum atomic E-state index is -0.318. The molecule has 1 fully saturated rings. The van der Waals surface area contributed by atoms with Crippen molar-refractivity contribution in [1.82, 2.24) is 0 Å². The molecule has 17 heavy (non-hydrogen) atoms. The van der Waals surface area contributed by atoms with Crippen LogP contribution in [-0.2, 0) is 4.74 Å². The molecule has 0 radical (unpaired) electrons. The van der Waals surface area contributed by atoms with E-state index in [-0.39, 0.29) is 11.5 Å². The molecule has 0 spiro atoms. The van der Waals surface area contributed by atoms with Crippen molar-refractivity contribution in [1.29, 1.82) is 0 Å². The Hall–Kier alpha value is -0.380. The second-order valence-corrected chi connectivity index (χ2v) is 6.00. The highest BCUT2D eigenvalue weighted by molar-refractivity contribution is 5.09. The standard InChI is InChI=1S/C14H25NO2/c1-10-5-11(2)7-12(6-10)13(16)14(8-15)3-4-17-9-14/h5,10,12-13,16H,3-4,6-9,15H2,1-2H3.